The van der Waals surface area contributed by atoms with Crippen molar-refractivity contribution in [2.24, 2.45) is 0 Å². The monoisotopic (exact) mass is 310 g/mol. The predicted molar refractivity (Wildman–Crippen MR) is 82.5 cm³/mol. The maximum atomic E-state index is 11.2. The van der Waals surface area contributed by atoms with Gasteiger partial charge in [-0.1, -0.05) is 47.5 Å². The lowest BCUT2D eigenvalue weighted by Crippen LogP contribution is -1.90. The van der Waals surface area contributed by atoms with Crippen LogP contribution >= 0.6 is 35.0 Å². The molecular weight excluding hydrogens is 299 g/mol. The van der Waals surface area contributed by atoms with Gasteiger partial charge in [0.25, 0.3) is 0 Å². The van der Waals surface area contributed by atoms with Crippen LogP contribution in [0, 0.1) is 0 Å². The fourth-order valence-corrected chi connectivity index (χ4v) is 2.96. The third kappa shape index (κ3) is 3.75. The summed E-state index contributed by atoms with van der Waals surface area (Å²) in [5.41, 5.74) is 1.74. The number of Topliss-reactive ketones (excluding diaryl/α,β-unsaturated/α-hetero) is 1. The van der Waals surface area contributed by atoms with Crippen LogP contribution in [0.1, 0.15) is 22.8 Å². The van der Waals surface area contributed by atoms with E-state index in [0.29, 0.717) is 10.0 Å². The lowest BCUT2D eigenvalue weighted by Gasteiger charge is -2.06. The van der Waals surface area contributed by atoms with E-state index in [2.05, 4.69) is 0 Å². The van der Waals surface area contributed by atoms with E-state index in [9.17, 15) is 4.79 Å². The second-order valence-electron chi connectivity index (χ2n) is 4.08. The molecule has 0 saturated carbocycles. The van der Waals surface area contributed by atoms with E-state index < -0.39 is 0 Å². The smallest absolute Gasteiger partial charge is 0.159 e. The topological polar surface area (TPSA) is 17.1 Å². The highest BCUT2D eigenvalue weighted by Crippen LogP contribution is 2.31. The number of halogens is 2. The Balaban J connectivity index is 2.06. The van der Waals surface area contributed by atoms with Gasteiger partial charge in [0.2, 0.25) is 0 Å². The van der Waals surface area contributed by atoms with Crippen molar-refractivity contribution in [3.05, 3.63) is 63.6 Å². The minimum Gasteiger partial charge on any atom is -0.295 e. The molecule has 2 aromatic carbocycles. The van der Waals surface area contributed by atoms with Crippen molar-refractivity contribution in [1.29, 1.82) is 0 Å². The van der Waals surface area contributed by atoms with E-state index in [1.165, 1.54) is 0 Å². The first-order valence-electron chi connectivity index (χ1n) is 5.74. The van der Waals surface area contributed by atoms with Crippen LogP contribution in [-0.4, -0.2) is 5.78 Å². The zero-order valence-corrected chi connectivity index (χ0v) is 12.6. The van der Waals surface area contributed by atoms with Gasteiger partial charge in [-0.05, 0) is 30.7 Å². The first kappa shape index (κ1) is 14.4. The molecule has 0 aliphatic carbocycles. The summed E-state index contributed by atoms with van der Waals surface area (Å²) in [6.45, 7) is 1.56. The van der Waals surface area contributed by atoms with Crippen LogP contribution in [0.3, 0.4) is 0 Å². The second-order valence-corrected chi connectivity index (χ2v) is 5.92. The molecule has 2 aromatic rings. The minimum absolute atomic E-state index is 0.0782. The van der Waals surface area contributed by atoms with E-state index >= 15 is 0 Å². The number of ketones is 1. The summed E-state index contributed by atoms with van der Waals surface area (Å²) in [4.78, 5) is 12.3. The van der Waals surface area contributed by atoms with Gasteiger partial charge in [-0.2, -0.15) is 0 Å². The van der Waals surface area contributed by atoms with Gasteiger partial charge in [0, 0.05) is 16.2 Å². The Bertz CT molecular complexity index is 594. The first-order chi connectivity index (χ1) is 9.08. The summed E-state index contributed by atoms with van der Waals surface area (Å²) < 4.78 is 0. The Labute approximate surface area is 126 Å². The average Bonchev–Trinajstić information content (AvgIpc) is 2.41. The molecule has 0 aliphatic heterocycles. The molecule has 0 spiro atoms. The van der Waals surface area contributed by atoms with E-state index in [1.54, 1.807) is 24.8 Å². The van der Waals surface area contributed by atoms with Crippen LogP contribution in [0.25, 0.3) is 0 Å². The van der Waals surface area contributed by atoms with Gasteiger partial charge >= 0.3 is 0 Å². The number of rotatable bonds is 4. The molecule has 0 aromatic heterocycles. The Morgan fingerprint density at radius 2 is 1.79 bits per heavy atom. The van der Waals surface area contributed by atoms with Gasteiger partial charge in [-0.3, -0.25) is 4.79 Å². The Morgan fingerprint density at radius 3 is 2.42 bits per heavy atom. The van der Waals surface area contributed by atoms with Crippen molar-refractivity contribution >= 4 is 40.7 Å². The van der Waals surface area contributed by atoms with Gasteiger partial charge in [-0.25, -0.2) is 0 Å². The Hall–Kier alpha value is -0.960. The average molecular weight is 311 g/mol. The minimum atomic E-state index is 0.0782. The molecule has 0 fully saturated rings. The zero-order valence-electron chi connectivity index (χ0n) is 10.3. The molecule has 0 N–H and O–H groups in total. The standard InChI is InChI=1S/C15H12Cl2OS/c1-10(18)11-5-7-13(8-6-11)19-9-12-3-2-4-14(16)15(12)17/h2-8H,9H2,1H3. The summed E-state index contributed by atoms with van der Waals surface area (Å²) in [6.07, 6.45) is 0. The Kier molecular flexibility index (Phi) is 4.92. The maximum absolute atomic E-state index is 11.2. The van der Waals surface area contributed by atoms with Crippen LogP contribution < -0.4 is 0 Å². The number of hydrogen-bond donors (Lipinski definition) is 0. The fraction of sp³-hybridized carbons (Fsp3) is 0.133. The van der Waals surface area contributed by atoms with E-state index in [4.69, 9.17) is 23.2 Å². The van der Waals surface area contributed by atoms with Gasteiger partial charge < -0.3 is 0 Å². The van der Waals surface area contributed by atoms with E-state index in [-0.39, 0.29) is 5.78 Å². The summed E-state index contributed by atoms with van der Waals surface area (Å²) in [7, 11) is 0. The molecule has 1 nitrogen and oxygen atoms in total. The Morgan fingerprint density at radius 1 is 1.11 bits per heavy atom. The van der Waals surface area contributed by atoms with Crippen molar-refractivity contribution in [3.8, 4) is 0 Å². The SMILES string of the molecule is CC(=O)c1ccc(SCc2cccc(Cl)c2Cl)cc1. The quantitative estimate of drug-likeness (QED) is 0.549. The molecule has 98 valence electrons. The highest BCUT2D eigenvalue weighted by atomic mass is 35.5. The van der Waals surface area contributed by atoms with Crippen molar-refractivity contribution in [1.82, 2.24) is 0 Å². The fourth-order valence-electron chi connectivity index (χ4n) is 1.61. The second kappa shape index (κ2) is 6.47. The molecule has 0 amide bonds. The lowest BCUT2D eigenvalue weighted by molar-refractivity contribution is 0.101. The molecule has 0 saturated heterocycles. The predicted octanol–water partition coefficient (Wildman–Crippen LogP) is 5.49. The molecule has 0 bridgehead atoms. The summed E-state index contributed by atoms with van der Waals surface area (Å²) >= 11 is 13.8. The first-order valence-corrected chi connectivity index (χ1v) is 7.49. The van der Waals surface area contributed by atoms with Crippen LogP contribution in [-0.2, 0) is 5.75 Å². The molecule has 0 atom stereocenters. The normalized spacial score (nSPS) is 10.5. The van der Waals surface area contributed by atoms with Gasteiger partial charge in [0.1, 0.15) is 0 Å². The number of hydrogen-bond acceptors (Lipinski definition) is 2. The van der Waals surface area contributed by atoms with Crippen molar-refractivity contribution in [2.45, 2.75) is 17.6 Å². The third-order valence-electron chi connectivity index (χ3n) is 2.69. The summed E-state index contributed by atoms with van der Waals surface area (Å²) in [5, 5.41) is 1.18. The van der Waals surface area contributed by atoms with E-state index in [1.807, 2.05) is 36.4 Å². The molecular formula is C15H12Cl2OS. The number of carbonyl (C=O) groups excluding carboxylic acids is 1. The van der Waals surface area contributed by atoms with Crippen LogP contribution in [0.15, 0.2) is 47.4 Å². The maximum Gasteiger partial charge on any atom is 0.159 e. The highest BCUT2D eigenvalue weighted by Gasteiger charge is 2.05. The molecule has 19 heavy (non-hydrogen) atoms. The largest absolute Gasteiger partial charge is 0.295 e. The third-order valence-corrected chi connectivity index (χ3v) is 4.61. The van der Waals surface area contributed by atoms with Crippen molar-refractivity contribution in [2.75, 3.05) is 0 Å². The number of benzene rings is 2. The van der Waals surface area contributed by atoms with Crippen LogP contribution in [0.5, 0.6) is 0 Å². The van der Waals surface area contributed by atoms with Crippen molar-refractivity contribution in [3.63, 3.8) is 0 Å². The van der Waals surface area contributed by atoms with Gasteiger partial charge in [-0.15, -0.1) is 11.8 Å². The summed E-state index contributed by atoms with van der Waals surface area (Å²) in [5.74, 6) is 0.827. The van der Waals surface area contributed by atoms with Crippen LogP contribution in [0.4, 0.5) is 0 Å². The van der Waals surface area contributed by atoms with Crippen LogP contribution in [0.2, 0.25) is 10.0 Å². The highest BCUT2D eigenvalue weighted by molar-refractivity contribution is 7.98. The zero-order chi connectivity index (χ0) is 13.8. The van der Waals surface area contributed by atoms with Gasteiger partial charge in [0.05, 0.1) is 10.0 Å². The molecule has 4 heteroatoms. The van der Waals surface area contributed by atoms with Gasteiger partial charge in [0.15, 0.2) is 5.78 Å². The molecule has 0 unspecified atom stereocenters. The number of thioether (sulfide) groups is 1. The molecule has 0 aliphatic rings. The van der Waals surface area contributed by atoms with E-state index in [0.717, 1.165) is 21.8 Å². The number of carbonyl (C=O) groups is 1. The molecule has 2 rings (SSSR count). The summed E-state index contributed by atoms with van der Waals surface area (Å²) in [6, 6.07) is 13.2. The van der Waals surface area contributed by atoms with Crippen molar-refractivity contribution < 1.29 is 4.79 Å². The lowest BCUT2D eigenvalue weighted by atomic mass is 10.2. The molecule has 0 radical (unpaired) electrons. The molecule has 0 heterocycles.